The van der Waals surface area contributed by atoms with E-state index in [1.165, 1.54) is 30.3 Å². The van der Waals surface area contributed by atoms with Gasteiger partial charge in [0.05, 0.1) is 13.1 Å². The lowest BCUT2D eigenvalue weighted by Crippen LogP contribution is -2.41. The molecule has 2 aromatic carbocycles. The third-order valence-corrected chi connectivity index (χ3v) is 4.80. The number of carbonyl (C=O) groups is 2. The van der Waals surface area contributed by atoms with Gasteiger partial charge in [0, 0.05) is 37.8 Å². The Kier molecular flexibility index (Phi) is 7.73. The summed E-state index contributed by atoms with van der Waals surface area (Å²) < 4.78 is 31.9. The highest BCUT2D eigenvalue weighted by molar-refractivity contribution is 5.94. The molecule has 0 bridgehead atoms. The first-order valence-corrected chi connectivity index (χ1v) is 9.93. The van der Waals surface area contributed by atoms with Crippen LogP contribution in [0.2, 0.25) is 0 Å². The van der Waals surface area contributed by atoms with Crippen molar-refractivity contribution < 1.29 is 23.1 Å². The van der Waals surface area contributed by atoms with Crippen molar-refractivity contribution >= 4 is 11.8 Å². The molecular formula is C22H25F2N3O3. The third-order valence-electron chi connectivity index (χ3n) is 4.80. The van der Waals surface area contributed by atoms with E-state index in [0.29, 0.717) is 44.0 Å². The second-order valence-corrected chi connectivity index (χ2v) is 7.09. The molecule has 1 aliphatic rings. The van der Waals surface area contributed by atoms with Crippen molar-refractivity contribution in [2.75, 3.05) is 45.9 Å². The Morgan fingerprint density at radius 1 is 0.967 bits per heavy atom. The van der Waals surface area contributed by atoms with Crippen molar-refractivity contribution in [2.45, 2.75) is 6.42 Å². The number of amides is 2. The Hall–Kier alpha value is -3.00. The van der Waals surface area contributed by atoms with Gasteiger partial charge in [0.1, 0.15) is 24.0 Å². The summed E-state index contributed by atoms with van der Waals surface area (Å²) in [6, 6.07) is 11.5. The molecule has 0 unspecified atom stereocenters. The first-order valence-electron chi connectivity index (χ1n) is 9.93. The molecule has 2 aromatic rings. The van der Waals surface area contributed by atoms with Crippen molar-refractivity contribution in [3.63, 3.8) is 0 Å². The summed E-state index contributed by atoms with van der Waals surface area (Å²) in [4.78, 5) is 28.4. The predicted octanol–water partition coefficient (Wildman–Crippen LogP) is 2.31. The standard InChI is InChI=1S/C22H25F2N3O3/c23-18-5-1-4-17(14-18)22(29)27-10-3-9-26(11-12-27)16-21(28)25-8-13-30-20-7-2-6-19(24)15-20/h1-2,4-7,14-15H,3,8-13,16H2,(H,25,28). The first kappa shape index (κ1) is 21.7. The summed E-state index contributed by atoms with van der Waals surface area (Å²) in [6.07, 6.45) is 0.733. The minimum atomic E-state index is -0.435. The van der Waals surface area contributed by atoms with Crippen LogP contribution in [0.15, 0.2) is 48.5 Å². The van der Waals surface area contributed by atoms with Crippen molar-refractivity contribution in [1.82, 2.24) is 15.1 Å². The smallest absolute Gasteiger partial charge is 0.254 e. The summed E-state index contributed by atoms with van der Waals surface area (Å²) in [5.41, 5.74) is 0.333. The Morgan fingerprint density at radius 2 is 1.73 bits per heavy atom. The van der Waals surface area contributed by atoms with Gasteiger partial charge in [-0.2, -0.15) is 0 Å². The summed E-state index contributed by atoms with van der Waals surface area (Å²) in [7, 11) is 0. The van der Waals surface area contributed by atoms with Gasteiger partial charge in [0.15, 0.2) is 0 Å². The predicted molar refractivity (Wildman–Crippen MR) is 108 cm³/mol. The lowest BCUT2D eigenvalue weighted by Gasteiger charge is -2.22. The molecule has 3 rings (SSSR count). The van der Waals surface area contributed by atoms with Crippen LogP contribution >= 0.6 is 0 Å². The number of halogens is 2. The summed E-state index contributed by atoms with van der Waals surface area (Å²) in [6.45, 7) is 3.08. The Morgan fingerprint density at radius 3 is 2.50 bits per heavy atom. The average molecular weight is 417 g/mol. The Labute approximate surface area is 174 Å². The van der Waals surface area contributed by atoms with E-state index in [-0.39, 0.29) is 30.8 Å². The second-order valence-electron chi connectivity index (χ2n) is 7.09. The van der Waals surface area contributed by atoms with Crippen molar-refractivity contribution in [1.29, 1.82) is 0 Å². The highest BCUT2D eigenvalue weighted by Crippen LogP contribution is 2.12. The molecule has 30 heavy (non-hydrogen) atoms. The molecule has 6 nitrogen and oxygen atoms in total. The van der Waals surface area contributed by atoms with E-state index in [9.17, 15) is 18.4 Å². The third kappa shape index (κ3) is 6.52. The first-order chi connectivity index (χ1) is 14.5. The van der Waals surface area contributed by atoms with Gasteiger partial charge in [-0.05, 0) is 36.8 Å². The molecule has 0 saturated carbocycles. The summed E-state index contributed by atoms with van der Waals surface area (Å²) >= 11 is 0. The van der Waals surface area contributed by atoms with Crippen LogP contribution in [0.3, 0.4) is 0 Å². The minimum absolute atomic E-state index is 0.136. The molecule has 2 amide bonds. The molecule has 160 valence electrons. The van der Waals surface area contributed by atoms with E-state index < -0.39 is 5.82 Å². The maximum atomic E-state index is 13.4. The maximum Gasteiger partial charge on any atom is 0.254 e. The zero-order chi connectivity index (χ0) is 21.3. The Bertz CT molecular complexity index is 878. The van der Waals surface area contributed by atoms with Crippen molar-refractivity contribution in [2.24, 2.45) is 0 Å². The van der Waals surface area contributed by atoms with E-state index in [0.717, 1.165) is 6.42 Å². The average Bonchev–Trinajstić information content (AvgIpc) is 2.96. The number of benzene rings is 2. The molecule has 1 saturated heterocycles. The van der Waals surface area contributed by atoms with E-state index >= 15 is 0 Å². The lowest BCUT2D eigenvalue weighted by atomic mass is 10.2. The second kappa shape index (κ2) is 10.7. The molecule has 8 heteroatoms. The molecule has 1 fully saturated rings. The number of nitrogens with one attached hydrogen (secondary N) is 1. The minimum Gasteiger partial charge on any atom is -0.492 e. The number of hydrogen-bond donors (Lipinski definition) is 1. The molecule has 1 heterocycles. The van der Waals surface area contributed by atoms with E-state index in [1.807, 2.05) is 4.90 Å². The van der Waals surface area contributed by atoms with Crippen LogP contribution in [0.5, 0.6) is 5.75 Å². The summed E-state index contributed by atoms with van der Waals surface area (Å²) in [5, 5.41) is 2.78. The number of carbonyl (C=O) groups excluding carboxylic acids is 2. The van der Waals surface area contributed by atoms with E-state index in [4.69, 9.17) is 4.74 Å². The molecule has 0 aliphatic carbocycles. The summed E-state index contributed by atoms with van der Waals surface area (Å²) in [5.74, 6) is -0.726. The fourth-order valence-electron chi connectivity index (χ4n) is 3.31. The molecular weight excluding hydrogens is 392 g/mol. The van der Waals surface area contributed by atoms with Crippen LogP contribution in [0, 0.1) is 11.6 Å². The van der Waals surface area contributed by atoms with Gasteiger partial charge in [-0.1, -0.05) is 12.1 Å². The fraction of sp³-hybridized carbons (Fsp3) is 0.364. The van der Waals surface area contributed by atoms with Gasteiger partial charge in [0.25, 0.3) is 5.91 Å². The quantitative estimate of drug-likeness (QED) is 0.703. The van der Waals surface area contributed by atoms with Crippen LogP contribution in [0.1, 0.15) is 16.8 Å². The molecule has 1 aliphatic heterocycles. The number of ether oxygens (including phenoxy) is 1. The maximum absolute atomic E-state index is 13.4. The van der Waals surface area contributed by atoms with Crippen LogP contribution in [0.4, 0.5) is 8.78 Å². The van der Waals surface area contributed by atoms with Gasteiger partial charge >= 0.3 is 0 Å². The van der Waals surface area contributed by atoms with Gasteiger partial charge in [-0.3, -0.25) is 14.5 Å². The van der Waals surface area contributed by atoms with E-state index in [1.54, 1.807) is 23.1 Å². The zero-order valence-electron chi connectivity index (χ0n) is 16.7. The highest BCUT2D eigenvalue weighted by atomic mass is 19.1. The number of rotatable bonds is 7. The van der Waals surface area contributed by atoms with Crippen LogP contribution in [-0.2, 0) is 4.79 Å². The molecule has 1 N–H and O–H groups in total. The van der Waals surface area contributed by atoms with Crippen molar-refractivity contribution in [3.05, 3.63) is 65.7 Å². The van der Waals surface area contributed by atoms with Crippen molar-refractivity contribution in [3.8, 4) is 5.75 Å². The normalized spacial score (nSPS) is 14.8. The Balaban J connectivity index is 1.38. The number of nitrogens with zero attached hydrogens (tertiary/aromatic N) is 2. The SMILES string of the molecule is O=C(CN1CCCN(C(=O)c2cccc(F)c2)CC1)NCCOc1cccc(F)c1. The number of hydrogen-bond acceptors (Lipinski definition) is 4. The lowest BCUT2D eigenvalue weighted by molar-refractivity contribution is -0.122. The largest absolute Gasteiger partial charge is 0.492 e. The highest BCUT2D eigenvalue weighted by Gasteiger charge is 2.21. The van der Waals surface area contributed by atoms with Crippen LogP contribution < -0.4 is 10.1 Å². The topological polar surface area (TPSA) is 61.9 Å². The zero-order valence-corrected chi connectivity index (χ0v) is 16.7. The fourth-order valence-corrected chi connectivity index (χ4v) is 3.31. The van der Waals surface area contributed by atoms with Gasteiger partial charge in [-0.25, -0.2) is 8.78 Å². The van der Waals surface area contributed by atoms with Gasteiger partial charge in [-0.15, -0.1) is 0 Å². The van der Waals surface area contributed by atoms with E-state index in [2.05, 4.69) is 5.32 Å². The molecule has 0 radical (unpaired) electrons. The van der Waals surface area contributed by atoms with Gasteiger partial charge in [0.2, 0.25) is 5.91 Å². The monoisotopic (exact) mass is 417 g/mol. The molecule has 0 atom stereocenters. The van der Waals surface area contributed by atoms with Crippen LogP contribution in [-0.4, -0.2) is 67.5 Å². The van der Waals surface area contributed by atoms with Gasteiger partial charge < -0.3 is 15.0 Å². The van der Waals surface area contributed by atoms with Crippen LogP contribution in [0.25, 0.3) is 0 Å². The molecule has 0 aromatic heterocycles. The molecule has 0 spiro atoms.